The number of hydrogen-bond acceptors (Lipinski definition) is 3. The molecule has 0 saturated heterocycles. The lowest BCUT2D eigenvalue weighted by Gasteiger charge is -2.04. The van der Waals surface area contributed by atoms with E-state index in [4.69, 9.17) is 0 Å². The van der Waals surface area contributed by atoms with Crippen LogP contribution in [-0.4, -0.2) is 20.2 Å². The van der Waals surface area contributed by atoms with E-state index >= 15 is 0 Å². The Morgan fingerprint density at radius 2 is 2.11 bits per heavy atom. The van der Waals surface area contributed by atoms with Crippen LogP contribution in [0.15, 0.2) is 36.8 Å². The molecule has 1 N–H and O–H groups in total. The smallest absolute Gasteiger partial charge is 0.159 e. The molecule has 2 aromatic heterocycles. The topological polar surface area (TPSA) is 54.5 Å². The van der Waals surface area contributed by atoms with E-state index in [1.165, 1.54) is 18.4 Å². The third kappa shape index (κ3) is 1.49. The summed E-state index contributed by atoms with van der Waals surface area (Å²) in [5, 5.41) is 7.89. The predicted octanol–water partition coefficient (Wildman–Crippen LogP) is 2.90. The summed E-state index contributed by atoms with van der Waals surface area (Å²) in [4.78, 5) is 8.57. The quantitative estimate of drug-likeness (QED) is 0.744. The number of fused-ring (bicyclic) bond motifs is 1. The standard InChI is InChI=1S/C14H12N4/c1-2-10(9-4-5-9)6-11(3-1)13-12-7-17-18-14(12)16-8-15-13/h1-3,6-9H,4-5H2,(H,15,16,17,18). The van der Waals surface area contributed by atoms with Crippen LogP contribution in [0.1, 0.15) is 24.3 Å². The van der Waals surface area contributed by atoms with Gasteiger partial charge in [-0.1, -0.05) is 18.2 Å². The molecule has 1 aromatic carbocycles. The van der Waals surface area contributed by atoms with E-state index in [1.807, 2.05) is 0 Å². The van der Waals surface area contributed by atoms with Crippen LogP contribution in [0.25, 0.3) is 22.3 Å². The van der Waals surface area contributed by atoms with Crippen molar-refractivity contribution < 1.29 is 0 Å². The van der Waals surface area contributed by atoms with Crippen LogP contribution in [0.2, 0.25) is 0 Å². The van der Waals surface area contributed by atoms with Gasteiger partial charge in [0.15, 0.2) is 5.65 Å². The molecule has 0 aliphatic heterocycles. The fourth-order valence-corrected chi connectivity index (χ4v) is 2.35. The summed E-state index contributed by atoms with van der Waals surface area (Å²) in [5.74, 6) is 0.756. The van der Waals surface area contributed by atoms with Crippen molar-refractivity contribution in [3.8, 4) is 11.3 Å². The molecular weight excluding hydrogens is 224 g/mol. The monoisotopic (exact) mass is 236 g/mol. The van der Waals surface area contributed by atoms with Gasteiger partial charge in [-0.05, 0) is 30.4 Å². The summed E-state index contributed by atoms with van der Waals surface area (Å²) >= 11 is 0. The molecule has 2 heterocycles. The fraction of sp³-hybridized carbons (Fsp3) is 0.214. The molecule has 0 bridgehead atoms. The highest BCUT2D eigenvalue weighted by molar-refractivity contribution is 5.89. The zero-order chi connectivity index (χ0) is 11.9. The van der Waals surface area contributed by atoms with Crippen molar-refractivity contribution in [2.75, 3.05) is 0 Å². The zero-order valence-corrected chi connectivity index (χ0v) is 9.80. The zero-order valence-electron chi connectivity index (χ0n) is 9.80. The number of aromatic amines is 1. The molecule has 0 radical (unpaired) electrons. The van der Waals surface area contributed by atoms with Crippen molar-refractivity contribution in [2.24, 2.45) is 0 Å². The SMILES string of the molecule is c1cc(-c2ncnc3[nH]ncc23)cc(C2CC2)c1. The highest BCUT2D eigenvalue weighted by atomic mass is 15.1. The Bertz CT molecular complexity index is 712. The second-order valence-corrected chi connectivity index (χ2v) is 4.75. The minimum Gasteiger partial charge on any atom is -0.261 e. The molecule has 0 atom stereocenters. The Kier molecular flexibility index (Phi) is 1.97. The van der Waals surface area contributed by atoms with E-state index in [-0.39, 0.29) is 0 Å². The van der Waals surface area contributed by atoms with Gasteiger partial charge in [0.2, 0.25) is 0 Å². The lowest BCUT2D eigenvalue weighted by atomic mass is 10.0. The predicted molar refractivity (Wildman–Crippen MR) is 69.1 cm³/mol. The molecule has 0 unspecified atom stereocenters. The lowest BCUT2D eigenvalue weighted by molar-refractivity contribution is 1.09. The summed E-state index contributed by atoms with van der Waals surface area (Å²) in [5.41, 5.74) is 4.31. The lowest BCUT2D eigenvalue weighted by Crippen LogP contribution is -1.88. The molecule has 0 spiro atoms. The van der Waals surface area contributed by atoms with Crippen LogP contribution < -0.4 is 0 Å². The molecule has 18 heavy (non-hydrogen) atoms. The van der Waals surface area contributed by atoms with Gasteiger partial charge in [0.25, 0.3) is 0 Å². The Morgan fingerprint density at radius 1 is 1.17 bits per heavy atom. The van der Waals surface area contributed by atoms with Crippen molar-refractivity contribution in [3.05, 3.63) is 42.4 Å². The Morgan fingerprint density at radius 3 is 3.00 bits per heavy atom. The molecule has 4 rings (SSSR count). The molecule has 3 aromatic rings. The molecule has 1 saturated carbocycles. The molecule has 4 heteroatoms. The first-order valence-corrected chi connectivity index (χ1v) is 6.16. The molecule has 1 fully saturated rings. The highest BCUT2D eigenvalue weighted by Crippen LogP contribution is 2.41. The fourth-order valence-electron chi connectivity index (χ4n) is 2.35. The Labute approximate surface area is 104 Å². The third-order valence-corrected chi connectivity index (χ3v) is 3.46. The van der Waals surface area contributed by atoms with Gasteiger partial charge in [0.1, 0.15) is 6.33 Å². The van der Waals surface area contributed by atoms with E-state index in [0.717, 1.165) is 28.2 Å². The average Bonchev–Trinajstić information content (AvgIpc) is 3.16. The summed E-state index contributed by atoms with van der Waals surface area (Å²) in [6.07, 6.45) is 6.00. The van der Waals surface area contributed by atoms with Gasteiger partial charge in [-0.15, -0.1) is 0 Å². The Balaban J connectivity index is 1.91. The second kappa shape index (κ2) is 3.63. The normalized spacial score (nSPS) is 15.1. The number of nitrogens with one attached hydrogen (secondary N) is 1. The largest absolute Gasteiger partial charge is 0.261 e. The maximum Gasteiger partial charge on any atom is 0.159 e. The molecule has 1 aliphatic carbocycles. The first-order chi connectivity index (χ1) is 8.92. The average molecular weight is 236 g/mol. The molecular formula is C14H12N4. The maximum absolute atomic E-state index is 4.40. The van der Waals surface area contributed by atoms with Gasteiger partial charge >= 0.3 is 0 Å². The van der Waals surface area contributed by atoms with Crippen LogP contribution >= 0.6 is 0 Å². The van der Waals surface area contributed by atoms with Crippen molar-refractivity contribution in [1.82, 2.24) is 20.2 Å². The summed E-state index contributed by atoms with van der Waals surface area (Å²) in [6, 6.07) is 8.65. The molecule has 88 valence electrons. The number of nitrogens with zero attached hydrogens (tertiary/aromatic N) is 3. The first kappa shape index (κ1) is 9.76. The third-order valence-electron chi connectivity index (χ3n) is 3.46. The summed E-state index contributed by atoms with van der Waals surface area (Å²) < 4.78 is 0. The van der Waals surface area contributed by atoms with Crippen LogP contribution in [-0.2, 0) is 0 Å². The first-order valence-electron chi connectivity index (χ1n) is 6.16. The Hall–Kier alpha value is -2.23. The second-order valence-electron chi connectivity index (χ2n) is 4.75. The van der Waals surface area contributed by atoms with Crippen LogP contribution in [0, 0.1) is 0 Å². The maximum atomic E-state index is 4.40. The molecule has 0 amide bonds. The highest BCUT2D eigenvalue weighted by Gasteiger charge is 2.23. The number of aromatic nitrogens is 4. The van der Waals surface area contributed by atoms with Gasteiger partial charge in [-0.25, -0.2) is 9.97 Å². The summed E-state index contributed by atoms with van der Waals surface area (Å²) in [7, 11) is 0. The molecule has 1 aliphatic rings. The minimum atomic E-state index is 0.756. The van der Waals surface area contributed by atoms with Crippen molar-refractivity contribution >= 4 is 11.0 Å². The molecule has 4 nitrogen and oxygen atoms in total. The van der Waals surface area contributed by atoms with E-state index in [9.17, 15) is 0 Å². The van der Waals surface area contributed by atoms with Crippen LogP contribution in [0.5, 0.6) is 0 Å². The van der Waals surface area contributed by atoms with Crippen LogP contribution in [0.4, 0.5) is 0 Å². The van der Waals surface area contributed by atoms with Crippen molar-refractivity contribution in [3.63, 3.8) is 0 Å². The van der Waals surface area contributed by atoms with E-state index in [0.29, 0.717) is 0 Å². The number of hydrogen-bond donors (Lipinski definition) is 1. The van der Waals surface area contributed by atoms with Gasteiger partial charge in [0, 0.05) is 5.56 Å². The van der Waals surface area contributed by atoms with Gasteiger partial charge in [0.05, 0.1) is 17.3 Å². The number of benzene rings is 1. The van der Waals surface area contributed by atoms with E-state index < -0.39 is 0 Å². The summed E-state index contributed by atoms with van der Waals surface area (Å²) in [6.45, 7) is 0. The van der Waals surface area contributed by atoms with E-state index in [2.05, 4.69) is 44.4 Å². The minimum absolute atomic E-state index is 0.756. The number of H-pyrrole nitrogens is 1. The van der Waals surface area contributed by atoms with Crippen LogP contribution in [0.3, 0.4) is 0 Å². The van der Waals surface area contributed by atoms with Crippen molar-refractivity contribution in [1.29, 1.82) is 0 Å². The van der Waals surface area contributed by atoms with E-state index in [1.54, 1.807) is 12.5 Å². The van der Waals surface area contributed by atoms with Gasteiger partial charge in [-0.3, -0.25) is 5.10 Å². The number of rotatable bonds is 2. The van der Waals surface area contributed by atoms with Gasteiger partial charge < -0.3 is 0 Å². The van der Waals surface area contributed by atoms with Crippen molar-refractivity contribution in [2.45, 2.75) is 18.8 Å². The van der Waals surface area contributed by atoms with Gasteiger partial charge in [-0.2, -0.15) is 5.10 Å².